The molecule has 5 rings (SSSR count). The number of aryl methyl sites for hydroxylation is 1. The first-order valence-corrected chi connectivity index (χ1v) is 13.3. The molecular formula is C26H25F2N7S2. The fourth-order valence-corrected chi connectivity index (χ4v) is 6.36. The second kappa shape index (κ2) is 10.4. The third-order valence-electron chi connectivity index (χ3n) is 5.86. The van der Waals surface area contributed by atoms with E-state index in [0.29, 0.717) is 35.2 Å². The molecule has 7 nitrogen and oxygen atoms in total. The molecule has 1 unspecified atom stereocenters. The maximum absolute atomic E-state index is 14.9. The Bertz CT molecular complexity index is 1460. The second-order valence-corrected chi connectivity index (χ2v) is 11.0. The van der Waals surface area contributed by atoms with Gasteiger partial charge in [-0.05, 0) is 80.4 Å². The number of anilines is 4. The van der Waals surface area contributed by atoms with Crippen LogP contribution in [0.25, 0.3) is 0 Å². The fourth-order valence-electron chi connectivity index (χ4n) is 4.18. The normalized spacial score (nSPS) is 17.2. The van der Waals surface area contributed by atoms with Crippen molar-refractivity contribution in [1.29, 1.82) is 0 Å². The van der Waals surface area contributed by atoms with Crippen molar-refractivity contribution in [3.8, 4) is 0 Å². The van der Waals surface area contributed by atoms with Gasteiger partial charge in [0.25, 0.3) is 0 Å². The zero-order valence-electron chi connectivity index (χ0n) is 20.0. The Morgan fingerprint density at radius 3 is 2.51 bits per heavy atom. The van der Waals surface area contributed by atoms with E-state index < -0.39 is 16.5 Å². The van der Waals surface area contributed by atoms with Crippen molar-refractivity contribution in [1.82, 2.24) is 10.2 Å². The standard InChI is InChI=1S/C26H25F2N7S2/c1-16-32-33-25(36-16)35-26(11-4-12-29,37-24(34-35)22-14-18(27)9-10-23(22)28)17-5-2-7-20(13-17)31-21-8-3-6-19(30)15-21/h2-3,5-10,13-15,31H,4,11-12,29-30H2,1H3. The van der Waals surface area contributed by atoms with Gasteiger partial charge in [0.05, 0.1) is 0 Å². The van der Waals surface area contributed by atoms with Gasteiger partial charge in [-0.25, -0.2) is 13.8 Å². The number of nitrogens with two attached hydrogens (primary N) is 2. The lowest BCUT2D eigenvalue weighted by molar-refractivity contribution is 0.525. The molecule has 0 aliphatic carbocycles. The highest BCUT2D eigenvalue weighted by atomic mass is 32.2. The number of nitrogens with zero attached hydrogens (tertiary/aromatic N) is 4. The first-order valence-electron chi connectivity index (χ1n) is 11.6. The van der Waals surface area contributed by atoms with E-state index in [2.05, 4.69) is 15.5 Å². The van der Waals surface area contributed by atoms with Crippen molar-refractivity contribution in [2.45, 2.75) is 24.6 Å². The minimum absolute atomic E-state index is 0.0971. The highest BCUT2D eigenvalue weighted by Crippen LogP contribution is 2.53. The summed E-state index contributed by atoms with van der Waals surface area (Å²) in [7, 11) is 0. The van der Waals surface area contributed by atoms with E-state index in [0.717, 1.165) is 34.1 Å². The number of rotatable bonds is 8. The molecule has 0 fully saturated rings. The Hall–Kier alpha value is -3.54. The largest absolute Gasteiger partial charge is 0.399 e. The van der Waals surface area contributed by atoms with Crippen LogP contribution < -0.4 is 21.8 Å². The predicted octanol–water partition coefficient (Wildman–Crippen LogP) is 5.96. The molecule has 11 heteroatoms. The zero-order valence-corrected chi connectivity index (χ0v) is 21.6. The number of nitrogen functional groups attached to an aromatic ring is 1. The Kier molecular flexibility index (Phi) is 7.09. The lowest BCUT2D eigenvalue weighted by Crippen LogP contribution is -2.38. The Morgan fingerprint density at radius 2 is 1.78 bits per heavy atom. The summed E-state index contributed by atoms with van der Waals surface area (Å²) in [6, 6.07) is 18.8. The van der Waals surface area contributed by atoms with Crippen LogP contribution in [0, 0.1) is 18.6 Å². The Morgan fingerprint density at radius 1 is 1.00 bits per heavy atom. The van der Waals surface area contributed by atoms with Crippen LogP contribution in [0.4, 0.5) is 31.0 Å². The molecule has 0 saturated carbocycles. The summed E-state index contributed by atoms with van der Waals surface area (Å²) in [5.41, 5.74) is 15.2. The summed E-state index contributed by atoms with van der Waals surface area (Å²) in [6.45, 7) is 2.31. The first-order chi connectivity index (χ1) is 17.9. The predicted molar refractivity (Wildman–Crippen MR) is 148 cm³/mol. The van der Waals surface area contributed by atoms with Crippen LogP contribution in [0.3, 0.4) is 0 Å². The van der Waals surface area contributed by atoms with Gasteiger partial charge in [-0.3, -0.25) is 0 Å². The second-order valence-electron chi connectivity index (χ2n) is 8.55. The van der Waals surface area contributed by atoms with Crippen molar-refractivity contribution in [2.24, 2.45) is 10.8 Å². The van der Waals surface area contributed by atoms with E-state index in [1.807, 2.05) is 55.5 Å². The summed E-state index contributed by atoms with van der Waals surface area (Å²) in [6.07, 6.45) is 1.25. The smallest absolute Gasteiger partial charge is 0.230 e. The summed E-state index contributed by atoms with van der Waals surface area (Å²) in [5.74, 6) is -1.08. The van der Waals surface area contributed by atoms with Gasteiger partial charge in [0.15, 0.2) is 0 Å². The molecule has 0 saturated heterocycles. The van der Waals surface area contributed by atoms with Crippen molar-refractivity contribution in [2.75, 3.05) is 22.6 Å². The van der Waals surface area contributed by atoms with Crippen molar-refractivity contribution in [3.05, 3.63) is 94.5 Å². The van der Waals surface area contributed by atoms with Crippen molar-refractivity contribution in [3.63, 3.8) is 0 Å². The van der Waals surface area contributed by atoms with Crippen LogP contribution in [-0.4, -0.2) is 21.8 Å². The van der Waals surface area contributed by atoms with Crippen LogP contribution >= 0.6 is 23.1 Å². The summed E-state index contributed by atoms with van der Waals surface area (Å²) < 4.78 is 29.0. The van der Waals surface area contributed by atoms with Crippen LogP contribution in [0.5, 0.6) is 0 Å². The van der Waals surface area contributed by atoms with Crippen LogP contribution in [-0.2, 0) is 4.87 Å². The average molecular weight is 538 g/mol. The van der Waals surface area contributed by atoms with E-state index in [9.17, 15) is 8.78 Å². The topological polar surface area (TPSA) is 105 Å². The molecule has 1 atom stereocenters. The van der Waals surface area contributed by atoms with Crippen LogP contribution in [0.2, 0.25) is 0 Å². The van der Waals surface area contributed by atoms with Gasteiger partial charge in [-0.15, -0.1) is 10.2 Å². The summed E-state index contributed by atoms with van der Waals surface area (Å²) in [5, 5.41) is 20.2. The molecule has 3 aromatic carbocycles. The van der Waals surface area contributed by atoms with Crippen LogP contribution in [0.15, 0.2) is 71.8 Å². The van der Waals surface area contributed by atoms with Gasteiger partial charge in [0.1, 0.15) is 26.6 Å². The minimum Gasteiger partial charge on any atom is -0.399 e. The number of halogens is 2. The molecule has 0 radical (unpaired) electrons. The highest BCUT2D eigenvalue weighted by molar-refractivity contribution is 8.15. The number of hydrogen-bond donors (Lipinski definition) is 3. The molecule has 0 bridgehead atoms. The number of hydrazone groups is 1. The molecule has 0 amide bonds. The Labute approximate surface area is 221 Å². The first kappa shape index (κ1) is 25.1. The lowest BCUT2D eigenvalue weighted by Gasteiger charge is -2.35. The molecule has 190 valence electrons. The van der Waals surface area contributed by atoms with Gasteiger partial charge in [0.2, 0.25) is 5.13 Å². The highest BCUT2D eigenvalue weighted by Gasteiger charge is 2.48. The number of aromatic nitrogens is 2. The number of nitrogens with one attached hydrogen (secondary N) is 1. The number of thioether (sulfide) groups is 1. The molecule has 1 aromatic heterocycles. The lowest BCUT2D eigenvalue weighted by atomic mass is 9.99. The van der Waals surface area contributed by atoms with Crippen molar-refractivity contribution < 1.29 is 8.78 Å². The van der Waals surface area contributed by atoms with E-state index in [-0.39, 0.29) is 5.56 Å². The minimum atomic E-state index is -0.813. The maximum Gasteiger partial charge on any atom is 0.230 e. The molecule has 2 heterocycles. The van der Waals surface area contributed by atoms with Gasteiger partial charge < -0.3 is 16.8 Å². The average Bonchev–Trinajstić information content (AvgIpc) is 3.48. The number of hydrogen-bond acceptors (Lipinski definition) is 9. The van der Waals surface area contributed by atoms with Crippen LogP contribution in [0.1, 0.15) is 29.0 Å². The molecule has 5 N–H and O–H groups in total. The van der Waals surface area contributed by atoms with E-state index in [1.165, 1.54) is 29.2 Å². The molecular weight excluding hydrogens is 512 g/mol. The van der Waals surface area contributed by atoms with Gasteiger partial charge in [-0.1, -0.05) is 41.3 Å². The van der Waals surface area contributed by atoms with Gasteiger partial charge >= 0.3 is 0 Å². The SMILES string of the molecule is Cc1nnc(N2N=C(c3cc(F)ccc3F)SC2(CCCN)c2cccc(Nc3cccc(N)c3)c2)s1. The molecule has 37 heavy (non-hydrogen) atoms. The van der Waals surface area contributed by atoms with E-state index >= 15 is 0 Å². The molecule has 1 aliphatic heterocycles. The Balaban J connectivity index is 1.62. The third kappa shape index (κ3) is 5.15. The quantitative estimate of drug-likeness (QED) is 0.238. The zero-order chi connectivity index (χ0) is 26.0. The van der Waals surface area contributed by atoms with Crippen molar-refractivity contribution >= 4 is 50.3 Å². The third-order valence-corrected chi connectivity index (χ3v) is 8.12. The number of benzene rings is 3. The van der Waals surface area contributed by atoms with Gasteiger partial charge in [0, 0.05) is 22.6 Å². The fraction of sp³-hybridized carbons (Fsp3) is 0.192. The summed E-state index contributed by atoms with van der Waals surface area (Å²) >= 11 is 2.74. The van der Waals surface area contributed by atoms with Gasteiger partial charge in [-0.2, -0.15) is 5.10 Å². The van der Waals surface area contributed by atoms with E-state index in [1.54, 1.807) is 5.01 Å². The summed E-state index contributed by atoms with van der Waals surface area (Å²) in [4.78, 5) is -0.813. The monoisotopic (exact) mass is 537 g/mol. The molecule has 1 aliphatic rings. The van der Waals surface area contributed by atoms with E-state index in [4.69, 9.17) is 16.6 Å². The molecule has 0 spiro atoms. The maximum atomic E-state index is 14.9. The molecule has 4 aromatic rings.